The van der Waals surface area contributed by atoms with Gasteiger partial charge in [-0.05, 0) is 30.7 Å². The minimum atomic E-state index is -4.52. The van der Waals surface area contributed by atoms with E-state index < -0.39 is 17.6 Å². The molecule has 0 bridgehead atoms. The monoisotopic (exact) mass is 379 g/mol. The number of alkyl halides is 3. The van der Waals surface area contributed by atoms with E-state index in [0.29, 0.717) is 12.7 Å². The molecule has 0 aliphatic heterocycles. The van der Waals surface area contributed by atoms with Crippen molar-refractivity contribution in [3.63, 3.8) is 0 Å². The lowest BCUT2D eigenvalue weighted by Crippen LogP contribution is -2.21. The predicted molar refractivity (Wildman–Crippen MR) is 93.7 cm³/mol. The first kappa shape index (κ1) is 19.0. The van der Waals surface area contributed by atoms with Gasteiger partial charge < -0.3 is 0 Å². The Bertz CT molecular complexity index is 1010. The first-order valence-electron chi connectivity index (χ1n) is 8.53. The lowest BCUT2D eigenvalue weighted by Gasteiger charge is -2.10. The molecule has 27 heavy (non-hydrogen) atoms. The molecule has 3 rings (SSSR count). The highest BCUT2D eigenvalue weighted by atomic mass is 19.4. The van der Waals surface area contributed by atoms with E-state index in [1.165, 1.54) is 17.0 Å². The number of aryl methyl sites for hydroxylation is 1. The van der Waals surface area contributed by atoms with Gasteiger partial charge in [-0.1, -0.05) is 19.8 Å². The first-order valence-corrected chi connectivity index (χ1v) is 8.53. The molecular weight excluding hydrogens is 362 g/mol. The van der Waals surface area contributed by atoms with E-state index in [0.717, 1.165) is 37.5 Å². The molecule has 0 aliphatic rings. The Morgan fingerprint density at radius 3 is 2.52 bits per heavy atom. The van der Waals surface area contributed by atoms with Crippen LogP contribution in [0.1, 0.15) is 31.7 Å². The number of nitrogens with zero attached hydrogens (tertiary/aromatic N) is 3. The summed E-state index contributed by atoms with van der Waals surface area (Å²) in [4.78, 5) is 20.4. The van der Waals surface area contributed by atoms with Crippen molar-refractivity contribution in [1.82, 2.24) is 14.5 Å². The summed E-state index contributed by atoms with van der Waals surface area (Å²) in [5.41, 5.74) is -0.963. The summed E-state index contributed by atoms with van der Waals surface area (Å²) in [6.45, 7) is 2.55. The minimum Gasteiger partial charge on any atom is -0.299 e. The summed E-state index contributed by atoms with van der Waals surface area (Å²) >= 11 is 0. The lowest BCUT2D eigenvalue weighted by molar-refractivity contribution is -0.137. The Balaban J connectivity index is 2.00. The number of aromatic nitrogens is 3. The van der Waals surface area contributed by atoms with E-state index in [2.05, 4.69) is 9.97 Å². The highest BCUT2D eigenvalue weighted by molar-refractivity contribution is 5.83. The summed E-state index contributed by atoms with van der Waals surface area (Å²) < 4.78 is 53.9. The van der Waals surface area contributed by atoms with Crippen molar-refractivity contribution in [1.29, 1.82) is 0 Å². The second-order valence-corrected chi connectivity index (χ2v) is 6.23. The topological polar surface area (TPSA) is 47.8 Å². The van der Waals surface area contributed by atoms with E-state index in [9.17, 15) is 22.4 Å². The second kappa shape index (κ2) is 7.46. The summed E-state index contributed by atoms with van der Waals surface area (Å²) in [5.74, 6) is -0.736. The quantitative estimate of drug-likeness (QED) is 0.472. The molecule has 8 heteroatoms. The molecule has 2 heterocycles. The molecule has 0 spiro atoms. The number of hydrogen-bond acceptors (Lipinski definition) is 3. The molecule has 0 atom stereocenters. The zero-order chi connectivity index (χ0) is 19.6. The lowest BCUT2D eigenvalue weighted by atomic mass is 10.1. The van der Waals surface area contributed by atoms with Gasteiger partial charge >= 0.3 is 6.18 Å². The van der Waals surface area contributed by atoms with Gasteiger partial charge in [-0.25, -0.2) is 9.37 Å². The molecule has 0 saturated heterocycles. The SMILES string of the molecule is CCCCCn1cnc2cc(-c3ccc(C(F)(F)F)cn3)c(F)cc2c1=O. The Morgan fingerprint density at radius 2 is 1.89 bits per heavy atom. The molecule has 0 N–H and O–H groups in total. The van der Waals surface area contributed by atoms with E-state index >= 15 is 0 Å². The van der Waals surface area contributed by atoms with Gasteiger partial charge in [0.05, 0.1) is 28.5 Å². The van der Waals surface area contributed by atoms with Crippen LogP contribution >= 0.6 is 0 Å². The first-order chi connectivity index (χ1) is 12.8. The van der Waals surface area contributed by atoms with Crippen molar-refractivity contribution in [3.8, 4) is 11.3 Å². The highest BCUT2D eigenvalue weighted by Crippen LogP contribution is 2.30. The van der Waals surface area contributed by atoms with Crippen LogP contribution in [-0.2, 0) is 12.7 Å². The third-order valence-corrected chi connectivity index (χ3v) is 4.28. The van der Waals surface area contributed by atoms with E-state index in [-0.39, 0.29) is 27.7 Å². The Labute approximate surface area is 152 Å². The number of unbranched alkanes of at least 4 members (excludes halogenated alkanes) is 2. The summed E-state index contributed by atoms with van der Waals surface area (Å²) in [6, 6.07) is 4.33. The van der Waals surface area contributed by atoms with Crippen molar-refractivity contribution in [3.05, 3.63) is 58.5 Å². The van der Waals surface area contributed by atoms with Crippen molar-refractivity contribution < 1.29 is 17.6 Å². The molecule has 0 radical (unpaired) electrons. The van der Waals surface area contributed by atoms with Crippen molar-refractivity contribution >= 4 is 10.9 Å². The third-order valence-electron chi connectivity index (χ3n) is 4.28. The normalized spacial score (nSPS) is 11.9. The molecule has 2 aromatic heterocycles. The third kappa shape index (κ3) is 3.99. The average molecular weight is 379 g/mol. The number of pyridine rings is 1. The van der Waals surface area contributed by atoms with Crippen LogP contribution in [0.25, 0.3) is 22.2 Å². The van der Waals surface area contributed by atoms with Crippen LogP contribution in [0.3, 0.4) is 0 Å². The molecule has 3 aromatic rings. The van der Waals surface area contributed by atoms with Crippen LogP contribution in [-0.4, -0.2) is 14.5 Å². The van der Waals surface area contributed by atoms with Gasteiger partial charge in [-0.2, -0.15) is 13.2 Å². The predicted octanol–water partition coefficient (Wildman–Crippen LogP) is 4.81. The Morgan fingerprint density at radius 1 is 1.11 bits per heavy atom. The van der Waals surface area contributed by atoms with Crippen LogP contribution in [0.5, 0.6) is 0 Å². The number of halogens is 4. The number of hydrogen-bond donors (Lipinski definition) is 0. The maximum absolute atomic E-state index is 14.5. The summed E-state index contributed by atoms with van der Waals surface area (Å²) in [5, 5.41) is 0.127. The van der Waals surface area contributed by atoms with Gasteiger partial charge in [0.25, 0.3) is 5.56 Å². The molecule has 142 valence electrons. The van der Waals surface area contributed by atoms with Gasteiger partial charge in [0, 0.05) is 18.3 Å². The Kier molecular flexibility index (Phi) is 5.25. The van der Waals surface area contributed by atoms with Crippen LogP contribution in [0.15, 0.2) is 41.6 Å². The standard InChI is InChI=1S/C19H17F4N3O/c1-2-3-4-7-26-11-25-17-9-13(15(20)8-14(17)18(26)27)16-6-5-12(10-24-16)19(21,22)23/h5-6,8-11H,2-4,7H2,1H3. The molecular formula is C19H17F4N3O. The second-order valence-electron chi connectivity index (χ2n) is 6.23. The molecule has 0 amide bonds. The van der Waals surface area contributed by atoms with Crippen LogP contribution < -0.4 is 5.56 Å². The molecule has 0 saturated carbocycles. The fourth-order valence-corrected chi connectivity index (χ4v) is 2.79. The molecule has 0 aliphatic carbocycles. The van der Waals surface area contributed by atoms with Gasteiger partial charge in [0.15, 0.2) is 0 Å². The van der Waals surface area contributed by atoms with E-state index in [4.69, 9.17) is 0 Å². The number of fused-ring (bicyclic) bond motifs is 1. The van der Waals surface area contributed by atoms with E-state index in [1.807, 2.05) is 6.92 Å². The fraction of sp³-hybridized carbons (Fsp3) is 0.316. The molecule has 4 nitrogen and oxygen atoms in total. The maximum Gasteiger partial charge on any atom is 0.417 e. The smallest absolute Gasteiger partial charge is 0.299 e. The maximum atomic E-state index is 14.5. The van der Waals surface area contributed by atoms with Crippen molar-refractivity contribution in [2.24, 2.45) is 0 Å². The van der Waals surface area contributed by atoms with Crippen LogP contribution in [0, 0.1) is 5.82 Å². The molecule has 0 fully saturated rings. The van der Waals surface area contributed by atoms with Crippen molar-refractivity contribution in [2.75, 3.05) is 0 Å². The fourth-order valence-electron chi connectivity index (χ4n) is 2.79. The zero-order valence-corrected chi connectivity index (χ0v) is 14.6. The summed E-state index contributed by atoms with van der Waals surface area (Å²) in [6.07, 6.45) is 0.336. The Hall–Kier alpha value is -2.77. The average Bonchev–Trinajstić information content (AvgIpc) is 2.63. The van der Waals surface area contributed by atoms with Gasteiger partial charge in [-0.3, -0.25) is 14.3 Å². The molecule has 0 unspecified atom stereocenters. The van der Waals surface area contributed by atoms with Crippen LogP contribution in [0.2, 0.25) is 0 Å². The zero-order valence-electron chi connectivity index (χ0n) is 14.6. The van der Waals surface area contributed by atoms with Gasteiger partial charge in [0.1, 0.15) is 5.82 Å². The number of rotatable bonds is 5. The van der Waals surface area contributed by atoms with Crippen LogP contribution in [0.4, 0.5) is 17.6 Å². The highest BCUT2D eigenvalue weighted by Gasteiger charge is 2.30. The van der Waals surface area contributed by atoms with E-state index in [1.54, 1.807) is 0 Å². The van der Waals surface area contributed by atoms with Gasteiger partial charge in [-0.15, -0.1) is 0 Å². The van der Waals surface area contributed by atoms with Crippen molar-refractivity contribution in [2.45, 2.75) is 38.9 Å². The van der Waals surface area contributed by atoms with Gasteiger partial charge in [0.2, 0.25) is 0 Å². The minimum absolute atomic E-state index is 0.00754. The number of benzene rings is 1. The summed E-state index contributed by atoms with van der Waals surface area (Å²) in [7, 11) is 0. The largest absolute Gasteiger partial charge is 0.417 e. The molecule has 1 aromatic carbocycles.